The van der Waals surface area contributed by atoms with Crippen LogP contribution in [0.25, 0.3) is 0 Å². The van der Waals surface area contributed by atoms with Crippen LogP contribution in [-0.4, -0.2) is 39.9 Å². The summed E-state index contributed by atoms with van der Waals surface area (Å²) in [5, 5.41) is 66.7. The van der Waals surface area contributed by atoms with Crippen LogP contribution in [0.4, 0.5) is 19.2 Å². The van der Waals surface area contributed by atoms with Crippen LogP contribution in [0.5, 0.6) is 0 Å². The second-order valence-corrected chi connectivity index (χ2v) is 1.43. The summed E-state index contributed by atoms with van der Waals surface area (Å²) >= 11 is -2.00. The molecule has 0 spiro atoms. The van der Waals surface area contributed by atoms with Crippen molar-refractivity contribution in [1.82, 2.24) is 0 Å². The van der Waals surface area contributed by atoms with Gasteiger partial charge in [0.2, 0.25) is 0 Å². The Morgan fingerprint density at radius 1 is 0.565 bits per heavy atom. The summed E-state index contributed by atoms with van der Waals surface area (Å²) in [6.07, 6.45) is -9.33. The maximum Gasteiger partial charge on any atom is 0 e. The third kappa shape index (κ3) is 128000. The van der Waals surface area contributed by atoms with E-state index in [9.17, 15) is 0 Å². The van der Waals surface area contributed by atoms with Gasteiger partial charge < -0.3 is 60.0 Å². The Morgan fingerprint density at radius 2 is 0.565 bits per heavy atom. The Hall–Kier alpha value is -0.258. The van der Waals surface area contributed by atoms with E-state index in [1.54, 1.807) is 0 Å². The van der Waals surface area contributed by atoms with Crippen molar-refractivity contribution in [3.8, 4) is 0 Å². The molecule has 0 radical (unpaired) electrons. The van der Waals surface area contributed by atoms with E-state index in [0.29, 0.717) is 0 Å². The average Bonchev–Trinajstić information content (AvgIpc) is 1.97. The van der Waals surface area contributed by atoms with E-state index in [-0.39, 0.29) is 78.8 Å². The normalized spacial score (nSPS) is 4.52. The molecule has 0 amide bonds. The summed E-state index contributed by atoms with van der Waals surface area (Å²) in [6.45, 7) is 0. The summed E-state index contributed by atoms with van der Waals surface area (Å²) in [5.41, 5.74) is 0. The largest absolute Gasteiger partial charge is 0 e. The number of rotatable bonds is 0. The monoisotopic (exact) mass is 702 g/mol. The third-order valence-electron chi connectivity index (χ3n) is 0. The molecule has 0 heterocycles. The fraction of sp³-hybridized carbons (Fsp3) is 0. The fourth-order valence-corrected chi connectivity index (χ4v) is 0. The van der Waals surface area contributed by atoms with E-state index in [4.69, 9.17) is 67.6 Å². The smallest absolute Gasteiger partial charge is 0 e. The van der Waals surface area contributed by atoms with Gasteiger partial charge in [-0.3, -0.25) is 0 Å². The minimum Gasteiger partial charge on any atom is 0 e. The predicted octanol–water partition coefficient (Wildman–Crippen LogP) is -13.4. The molecule has 0 aromatic rings. The van der Waals surface area contributed by atoms with Gasteiger partial charge in [0.15, 0.2) is 0 Å². The van der Waals surface area contributed by atoms with Crippen LogP contribution in [0.3, 0.4) is 0 Å². The first-order chi connectivity index (χ1) is 8.34. The average molecular weight is 702 g/mol. The summed E-state index contributed by atoms with van der Waals surface area (Å²) in [4.78, 5) is 33.3. The molecule has 0 aromatic heterocycles. The van der Waals surface area contributed by atoms with E-state index in [0.717, 1.165) is 0 Å². The van der Waals surface area contributed by atoms with E-state index in [1.165, 1.54) is 0 Å². The molecular weight excluding hydrogens is 702 g/mol. The molecule has 0 fully saturated rings. The van der Waals surface area contributed by atoms with Crippen molar-refractivity contribution in [1.29, 1.82) is 0 Å². The SMILES string of the molecule is O=C([O-])[O-].O=C([O-])[O-].O=C([O-])[O-].O=C([O-])[O-].[Ag+].[Li+].[Ni+2].[O]=[Ge]=[O].[W]. The van der Waals surface area contributed by atoms with Crippen LogP contribution in [0.2, 0.25) is 0 Å². The number of carboxylic acid groups (broad SMARTS) is 8. The molecule has 0 aliphatic heterocycles. The minimum atomic E-state index is -2.33. The topological polar surface area (TPSA) is 287 Å². The summed E-state index contributed by atoms with van der Waals surface area (Å²) in [7, 11) is 0. The van der Waals surface area contributed by atoms with Gasteiger partial charge in [0.05, 0.1) is 0 Å². The molecule has 19 heteroatoms. The molecule has 14 nitrogen and oxygen atoms in total. The van der Waals surface area contributed by atoms with E-state index >= 15 is 0 Å². The Morgan fingerprint density at radius 3 is 0.565 bits per heavy atom. The summed E-state index contributed by atoms with van der Waals surface area (Å²) < 4.78 is 17.0. The van der Waals surface area contributed by atoms with Crippen molar-refractivity contribution in [3.63, 3.8) is 0 Å². The molecule has 0 rings (SSSR count). The third-order valence-corrected chi connectivity index (χ3v) is 0. The molecular formula is C4AgGeLiNiO14W-4. The van der Waals surface area contributed by atoms with Crippen molar-refractivity contribution in [2.45, 2.75) is 0 Å². The van der Waals surface area contributed by atoms with Gasteiger partial charge in [-0.05, 0) is 24.6 Å². The van der Waals surface area contributed by atoms with Crippen LogP contribution >= 0.6 is 0 Å². The predicted molar refractivity (Wildman–Crippen MR) is 28.7 cm³/mol. The second-order valence-electron chi connectivity index (χ2n) is 1.08. The molecule has 0 N–H and O–H groups in total. The van der Waals surface area contributed by atoms with Gasteiger partial charge in [-0.2, -0.15) is 0 Å². The number of carbonyl (C=O) groups excluding carboxylic acids is 4. The second kappa shape index (κ2) is 57.6. The fourth-order valence-electron chi connectivity index (χ4n) is 0. The Balaban J connectivity index is -0.0000000146. The van der Waals surface area contributed by atoms with Gasteiger partial charge in [-0.1, -0.05) is 0 Å². The number of hydrogen-bond donors (Lipinski definition) is 0. The van der Waals surface area contributed by atoms with Gasteiger partial charge in [0.1, 0.15) is 0 Å². The van der Waals surface area contributed by atoms with Gasteiger partial charge in [0, 0.05) is 21.1 Å². The molecule has 0 saturated heterocycles. The standard InChI is InChI=1S/4CH2O3.Ag.GeO2.Li.Ni.W/c4*2-1(3)4;;2-1-3;;;/h4*(H2,2,3,4);;;;;/q;;;;+1;;+1;+2;/p-8. The van der Waals surface area contributed by atoms with E-state index in [1.807, 2.05) is 0 Å². The van der Waals surface area contributed by atoms with Gasteiger partial charge >= 0.3 is 80.6 Å². The summed E-state index contributed by atoms with van der Waals surface area (Å²) in [6, 6.07) is 0. The number of hydrogen-bond acceptors (Lipinski definition) is 14. The van der Waals surface area contributed by atoms with Crippen LogP contribution in [0.15, 0.2) is 0 Å². The first kappa shape index (κ1) is 56.9. The quantitative estimate of drug-likeness (QED) is 0.212. The van der Waals surface area contributed by atoms with Crippen LogP contribution in [-0.2, 0) is 67.5 Å². The first-order valence-electron chi connectivity index (χ1n) is 2.86. The van der Waals surface area contributed by atoms with Crippen molar-refractivity contribution in [2.24, 2.45) is 0 Å². The van der Waals surface area contributed by atoms with E-state index in [2.05, 4.69) is 0 Å². The van der Waals surface area contributed by atoms with Crippen LogP contribution in [0.1, 0.15) is 0 Å². The Labute approximate surface area is 185 Å². The molecule has 0 aromatic carbocycles. The van der Waals surface area contributed by atoms with Crippen LogP contribution < -0.4 is 59.7 Å². The van der Waals surface area contributed by atoms with E-state index < -0.39 is 39.9 Å². The maximum absolute atomic E-state index is 8.50. The zero-order valence-corrected chi connectivity index (χ0v) is 17.7. The van der Waals surface area contributed by atoms with Crippen LogP contribution in [0, 0.1) is 0 Å². The Kier molecular flexibility index (Phi) is 143. The molecule has 0 bridgehead atoms. The first-order valence-corrected chi connectivity index (χ1v) is 4.57. The van der Waals surface area contributed by atoms with Crippen molar-refractivity contribution in [2.75, 3.05) is 0 Å². The van der Waals surface area contributed by atoms with Crippen molar-refractivity contribution in [3.05, 3.63) is 0 Å². The molecule has 136 valence electrons. The molecule has 23 heavy (non-hydrogen) atoms. The van der Waals surface area contributed by atoms with Gasteiger partial charge in [-0.15, -0.1) is 0 Å². The number of carbonyl (C=O) groups is 4. The molecule has 0 atom stereocenters. The molecule has 0 saturated carbocycles. The Bertz CT molecular complexity index is 247. The molecule has 0 unspecified atom stereocenters. The maximum atomic E-state index is 8.50. The molecule has 0 aliphatic carbocycles. The summed E-state index contributed by atoms with van der Waals surface area (Å²) in [5.74, 6) is 0. The zero-order valence-electron chi connectivity index (χ0n) is 10.2. The molecule has 0 aliphatic rings. The van der Waals surface area contributed by atoms with Gasteiger partial charge in [0.25, 0.3) is 0 Å². The van der Waals surface area contributed by atoms with Crippen molar-refractivity contribution >= 4 is 39.9 Å². The zero-order chi connectivity index (χ0) is 17.0. The minimum absolute atomic E-state index is 0. The van der Waals surface area contributed by atoms with Gasteiger partial charge in [-0.25, -0.2) is 0 Å². The van der Waals surface area contributed by atoms with Crippen molar-refractivity contribution < 1.29 is 146 Å².